The van der Waals surface area contributed by atoms with E-state index in [2.05, 4.69) is 11.4 Å². The van der Waals surface area contributed by atoms with E-state index in [1.165, 1.54) is 0 Å². The van der Waals surface area contributed by atoms with Gasteiger partial charge in [0.2, 0.25) is 0 Å². The highest BCUT2D eigenvalue weighted by atomic mass is 35.5. The fourth-order valence-corrected chi connectivity index (χ4v) is 2.64. The van der Waals surface area contributed by atoms with Crippen LogP contribution >= 0.6 is 11.6 Å². The van der Waals surface area contributed by atoms with Crippen LogP contribution in [-0.2, 0) is 11.3 Å². The highest BCUT2D eigenvalue weighted by molar-refractivity contribution is 6.33. The molecule has 0 heterocycles. The number of anilines is 1. The van der Waals surface area contributed by atoms with Gasteiger partial charge in [0.15, 0.2) is 0 Å². The molecule has 4 N–H and O–H groups in total. The van der Waals surface area contributed by atoms with Gasteiger partial charge in [0.1, 0.15) is 0 Å². The average Bonchev–Trinajstić information content (AvgIpc) is 2.59. The molecule has 2 rings (SSSR count). The molecule has 6 heteroatoms. The lowest BCUT2D eigenvalue weighted by Gasteiger charge is -2.16. The monoisotopic (exact) mass is 343 g/mol. The van der Waals surface area contributed by atoms with E-state index in [9.17, 15) is 4.79 Å². The van der Waals surface area contributed by atoms with Gasteiger partial charge in [0, 0.05) is 12.5 Å². The van der Waals surface area contributed by atoms with E-state index in [4.69, 9.17) is 27.7 Å². The first kappa shape index (κ1) is 17.8. The fourth-order valence-electron chi connectivity index (χ4n) is 2.45. The summed E-state index contributed by atoms with van der Waals surface area (Å²) in [5, 5.41) is 21.8. The van der Waals surface area contributed by atoms with Crippen LogP contribution < -0.4 is 11.1 Å². The first-order chi connectivity index (χ1) is 11.5. The van der Waals surface area contributed by atoms with E-state index >= 15 is 0 Å². The number of aliphatic carboxylic acids is 1. The Kier molecular flexibility index (Phi) is 6.19. The molecule has 2 aromatic rings. The maximum Gasteiger partial charge on any atom is 0.304 e. The van der Waals surface area contributed by atoms with Gasteiger partial charge in [-0.15, -0.1) is 0 Å². The summed E-state index contributed by atoms with van der Waals surface area (Å²) in [6.45, 7) is 0.684. The van der Waals surface area contributed by atoms with Gasteiger partial charge in [-0.3, -0.25) is 4.79 Å². The quantitative estimate of drug-likeness (QED) is 0.716. The molecule has 1 atom stereocenters. The number of hydrogen-bond donors (Lipinski definition) is 3. The van der Waals surface area contributed by atoms with Gasteiger partial charge in [0.05, 0.1) is 28.8 Å². The Balaban J connectivity index is 2.20. The van der Waals surface area contributed by atoms with E-state index in [-0.39, 0.29) is 18.9 Å². The van der Waals surface area contributed by atoms with Gasteiger partial charge in [-0.1, -0.05) is 35.9 Å². The molecular weight excluding hydrogens is 326 g/mol. The van der Waals surface area contributed by atoms with E-state index in [1.807, 2.05) is 24.3 Å². The molecule has 24 heavy (non-hydrogen) atoms. The molecule has 0 saturated carbocycles. The van der Waals surface area contributed by atoms with Crippen molar-refractivity contribution < 1.29 is 9.90 Å². The molecule has 0 amide bonds. The van der Waals surface area contributed by atoms with Gasteiger partial charge < -0.3 is 16.2 Å². The highest BCUT2D eigenvalue weighted by Gasteiger charge is 2.15. The van der Waals surface area contributed by atoms with Crippen LogP contribution in [0.2, 0.25) is 5.02 Å². The third-order valence-electron chi connectivity index (χ3n) is 3.77. The third-order valence-corrected chi connectivity index (χ3v) is 4.10. The molecule has 0 bridgehead atoms. The third kappa shape index (κ3) is 4.48. The SMILES string of the molecule is N#Cc1ccccc1CNc1cc([C@H](CN)CC(=O)O)ccc1Cl. The van der Waals surface area contributed by atoms with Crippen molar-refractivity contribution in [2.75, 3.05) is 11.9 Å². The standard InChI is InChI=1S/C18H18ClN3O2/c19-16-6-5-12(15(10-21)8-18(23)24)7-17(16)22-11-14-4-2-1-3-13(14)9-20/h1-7,15,22H,8,10-11,21H2,(H,23,24)/t15-/m0/s1. The zero-order valence-corrected chi connectivity index (χ0v) is 13.8. The molecule has 0 aliphatic rings. The second-order valence-electron chi connectivity index (χ2n) is 5.39. The Morgan fingerprint density at radius 2 is 2.08 bits per heavy atom. The Labute approximate surface area is 145 Å². The summed E-state index contributed by atoms with van der Waals surface area (Å²) in [6, 6.07) is 14.8. The number of carboxylic acids is 1. The number of carboxylic acid groups (broad SMARTS) is 1. The molecule has 0 unspecified atom stereocenters. The molecule has 0 saturated heterocycles. The van der Waals surface area contributed by atoms with Crippen LogP contribution in [0.15, 0.2) is 42.5 Å². The molecule has 0 aliphatic heterocycles. The smallest absolute Gasteiger partial charge is 0.304 e. The second kappa shape index (κ2) is 8.34. The number of benzene rings is 2. The van der Waals surface area contributed by atoms with Crippen molar-refractivity contribution in [1.29, 1.82) is 5.26 Å². The maximum absolute atomic E-state index is 10.9. The van der Waals surface area contributed by atoms with E-state index < -0.39 is 5.97 Å². The van der Waals surface area contributed by atoms with Crippen molar-refractivity contribution in [3.63, 3.8) is 0 Å². The number of nitrogens with one attached hydrogen (secondary N) is 1. The normalized spacial score (nSPS) is 11.5. The fraction of sp³-hybridized carbons (Fsp3) is 0.222. The Bertz CT molecular complexity index is 771. The summed E-state index contributed by atoms with van der Waals surface area (Å²) in [6.07, 6.45) is -0.0329. The van der Waals surface area contributed by atoms with Crippen LogP contribution in [0.5, 0.6) is 0 Å². The van der Waals surface area contributed by atoms with Gasteiger partial charge in [-0.05, 0) is 35.9 Å². The molecular formula is C18H18ClN3O2. The van der Waals surface area contributed by atoms with Crippen molar-refractivity contribution in [3.05, 3.63) is 64.2 Å². The van der Waals surface area contributed by atoms with Gasteiger partial charge in [-0.2, -0.15) is 5.26 Å². The first-order valence-corrected chi connectivity index (χ1v) is 7.86. The summed E-state index contributed by atoms with van der Waals surface area (Å²) < 4.78 is 0. The number of halogens is 1. The number of carbonyl (C=O) groups is 1. The number of hydrogen-bond acceptors (Lipinski definition) is 4. The van der Waals surface area contributed by atoms with Crippen LogP contribution in [0, 0.1) is 11.3 Å². The van der Waals surface area contributed by atoms with Crippen molar-refractivity contribution in [3.8, 4) is 6.07 Å². The van der Waals surface area contributed by atoms with Crippen molar-refractivity contribution in [2.45, 2.75) is 18.9 Å². The predicted octanol–water partition coefficient (Wildman–Crippen LogP) is 3.34. The molecule has 0 aromatic heterocycles. The number of nitrogens with two attached hydrogens (primary N) is 1. The summed E-state index contributed by atoms with van der Waals surface area (Å²) in [7, 11) is 0. The minimum absolute atomic E-state index is 0.0329. The summed E-state index contributed by atoms with van der Waals surface area (Å²) in [4.78, 5) is 10.9. The van der Waals surface area contributed by atoms with Crippen LogP contribution in [0.4, 0.5) is 5.69 Å². The van der Waals surface area contributed by atoms with E-state index in [1.54, 1.807) is 18.2 Å². The van der Waals surface area contributed by atoms with Crippen molar-refractivity contribution >= 4 is 23.3 Å². The Hall–Kier alpha value is -2.55. The zero-order valence-electron chi connectivity index (χ0n) is 13.0. The average molecular weight is 344 g/mol. The Morgan fingerprint density at radius 1 is 1.33 bits per heavy atom. The molecule has 0 aliphatic carbocycles. The number of rotatable bonds is 7. The molecule has 5 nitrogen and oxygen atoms in total. The summed E-state index contributed by atoms with van der Waals surface area (Å²) in [5.41, 5.74) is 8.66. The second-order valence-corrected chi connectivity index (χ2v) is 5.80. The van der Waals surface area contributed by atoms with Crippen molar-refractivity contribution in [2.24, 2.45) is 5.73 Å². The molecule has 0 radical (unpaired) electrons. The Morgan fingerprint density at radius 3 is 2.75 bits per heavy atom. The summed E-state index contributed by atoms with van der Waals surface area (Å²) >= 11 is 6.21. The van der Waals surface area contributed by atoms with Gasteiger partial charge in [-0.25, -0.2) is 0 Å². The predicted molar refractivity (Wildman–Crippen MR) is 94.0 cm³/mol. The van der Waals surface area contributed by atoms with Crippen LogP contribution in [0.25, 0.3) is 0 Å². The minimum Gasteiger partial charge on any atom is -0.481 e. The summed E-state index contributed by atoms with van der Waals surface area (Å²) in [5.74, 6) is -1.16. The topological polar surface area (TPSA) is 99.1 Å². The highest BCUT2D eigenvalue weighted by Crippen LogP contribution is 2.28. The minimum atomic E-state index is -0.891. The van der Waals surface area contributed by atoms with Crippen LogP contribution in [-0.4, -0.2) is 17.6 Å². The van der Waals surface area contributed by atoms with E-state index in [0.29, 0.717) is 22.8 Å². The lowest BCUT2D eigenvalue weighted by Crippen LogP contribution is -2.16. The molecule has 2 aromatic carbocycles. The number of nitriles is 1. The number of nitrogens with zero attached hydrogens (tertiary/aromatic N) is 1. The van der Waals surface area contributed by atoms with Gasteiger partial charge >= 0.3 is 5.97 Å². The zero-order chi connectivity index (χ0) is 17.5. The molecule has 124 valence electrons. The maximum atomic E-state index is 10.9. The van der Waals surface area contributed by atoms with Crippen molar-refractivity contribution in [1.82, 2.24) is 0 Å². The molecule has 0 fully saturated rings. The molecule has 0 spiro atoms. The van der Waals surface area contributed by atoms with Crippen LogP contribution in [0.3, 0.4) is 0 Å². The van der Waals surface area contributed by atoms with Crippen LogP contribution in [0.1, 0.15) is 29.0 Å². The largest absolute Gasteiger partial charge is 0.481 e. The first-order valence-electron chi connectivity index (χ1n) is 7.48. The lowest BCUT2D eigenvalue weighted by molar-refractivity contribution is -0.137. The van der Waals surface area contributed by atoms with Gasteiger partial charge in [0.25, 0.3) is 0 Å². The lowest BCUT2D eigenvalue weighted by atomic mass is 9.95. The van der Waals surface area contributed by atoms with E-state index in [0.717, 1.165) is 11.1 Å².